The zero-order valence-electron chi connectivity index (χ0n) is 11.3. The van der Waals surface area contributed by atoms with E-state index in [0.29, 0.717) is 0 Å². The van der Waals surface area contributed by atoms with Crippen LogP contribution in [0.2, 0.25) is 9.36 Å². The Balaban J connectivity index is 2.44. The number of benzene rings is 1. The van der Waals surface area contributed by atoms with Crippen molar-refractivity contribution in [2.24, 2.45) is 0 Å². The molecule has 0 aliphatic rings. The van der Waals surface area contributed by atoms with E-state index in [4.69, 9.17) is 23.2 Å². The number of nitrogens with one attached hydrogen (secondary N) is 1. The lowest BCUT2D eigenvalue weighted by Crippen LogP contribution is -2.21. The van der Waals surface area contributed by atoms with Crippen LogP contribution in [0.1, 0.15) is 34.5 Å². The molecule has 2 rings (SSSR count). The summed E-state index contributed by atoms with van der Waals surface area (Å²) in [6.07, 6.45) is 0. The Morgan fingerprint density at radius 3 is 2.47 bits per heavy atom. The van der Waals surface area contributed by atoms with Gasteiger partial charge >= 0.3 is 0 Å². The third kappa shape index (κ3) is 3.32. The van der Waals surface area contributed by atoms with Crippen LogP contribution in [0.5, 0.6) is 0 Å². The van der Waals surface area contributed by atoms with Gasteiger partial charge in [-0.1, -0.05) is 42.3 Å². The predicted octanol–water partition coefficient (Wildman–Crippen LogP) is 5.37. The maximum Gasteiger partial charge on any atom is 0.0961 e. The molecule has 0 aliphatic carbocycles. The second-order valence-electron chi connectivity index (χ2n) is 4.62. The fourth-order valence-corrected chi connectivity index (χ4v) is 3.72. The first-order valence-electron chi connectivity index (χ1n) is 6.28. The van der Waals surface area contributed by atoms with Gasteiger partial charge in [0.2, 0.25) is 0 Å². The van der Waals surface area contributed by atoms with Gasteiger partial charge in [-0.15, -0.1) is 11.3 Å². The van der Waals surface area contributed by atoms with E-state index in [1.807, 2.05) is 19.9 Å². The highest BCUT2D eigenvalue weighted by atomic mass is 35.5. The van der Waals surface area contributed by atoms with Gasteiger partial charge in [-0.3, -0.25) is 0 Å². The van der Waals surface area contributed by atoms with Gasteiger partial charge in [0.1, 0.15) is 0 Å². The summed E-state index contributed by atoms with van der Waals surface area (Å²) in [4.78, 5) is 1.20. The van der Waals surface area contributed by atoms with Gasteiger partial charge in [0.05, 0.1) is 10.4 Å². The largest absolute Gasteiger partial charge is 0.306 e. The molecule has 0 aliphatic heterocycles. The van der Waals surface area contributed by atoms with Crippen LogP contribution in [0.15, 0.2) is 24.3 Å². The molecular formula is C15H17Cl2NS. The number of aryl methyl sites for hydroxylation is 2. The van der Waals surface area contributed by atoms with Crippen molar-refractivity contribution >= 4 is 34.5 Å². The van der Waals surface area contributed by atoms with Crippen molar-refractivity contribution in [2.45, 2.75) is 26.8 Å². The molecule has 0 saturated carbocycles. The van der Waals surface area contributed by atoms with Gasteiger partial charge < -0.3 is 5.32 Å². The summed E-state index contributed by atoms with van der Waals surface area (Å²) in [6.45, 7) is 7.05. The molecule has 0 radical (unpaired) electrons. The van der Waals surface area contributed by atoms with Gasteiger partial charge in [-0.2, -0.15) is 0 Å². The zero-order valence-corrected chi connectivity index (χ0v) is 13.6. The van der Waals surface area contributed by atoms with Crippen molar-refractivity contribution in [3.8, 4) is 0 Å². The van der Waals surface area contributed by atoms with Crippen LogP contribution in [0.25, 0.3) is 0 Å². The van der Waals surface area contributed by atoms with E-state index in [9.17, 15) is 0 Å². The van der Waals surface area contributed by atoms with Crippen LogP contribution in [0.3, 0.4) is 0 Å². The van der Waals surface area contributed by atoms with Crippen molar-refractivity contribution in [2.75, 3.05) is 6.54 Å². The first kappa shape index (κ1) is 14.9. The fourth-order valence-electron chi connectivity index (χ4n) is 2.06. The molecule has 0 fully saturated rings. The number of thiophene rings is 1. The number of hydrogen-bond acceptors (Lipinski definition) is 2. The van der Waals surface area contributed by atoms with E-state index in [0.717, 1.165) is 27.0 Å². The number of rotatable bonds is 4. The van der Waals surface area contributed by atoms with Crippen molar-refractivity contribution in [1.29, 1.82) is 0 Å². The topological polar surface area (TPSA) is 12.0 Å². The lowest BCUT2D eigenvalue weighted by molar-refractivity contribution is 0.639. The van der Waals surface area contributed by atoms with E-state index in [1.165, 1.54) is 10.4 Å². The lowest BCUT2D eigenvalue weighted by Gasteiger charge is -2.18. The van der Waals surface area contributed by atoms with Crippen LogP contribution in [-0.4, -0.2) is 6.54 Å². The average molecular weight is 314 g/mol. The molecule has 1 N–H and O–H groups in total. The Bertz CT molecular complexity index is 558. The summed E-state index contributed by atoms with van der Waals surface area (Å²) in [5.74, 6) is 0. The summed E-state index contributed by atoms with van der Waals surface area (Å²) in [6, 6.07) is 8.43. The van der Waals surface area contributed by atoms with E-state index in [-0.39, 0.29) is 6.04 Å². The van der Waals surface area contributed by atoms with E-state index in [1.54, 1.807) is 11.3 Å². The first-order valence-corrected chi connectivity index (χ1v) is 7.85. The molecule has 0 saturated heterocycles. The Labute approximate surface area is 128 Å². The summed E-state index contributed by atoms with van der Waals surface area (Å²) in [5.41, 5.74) is 3.39. The SMILES string of the molecule is CCNC(c1cc(C)c(Cl)s1)c1ccc(C)cc1Cl. The number of hydrogen-bond donors (Lipinski definition) is 1. The zero-order chi connectivity index (χ0) is 14.0. The molecule has 1 unspecified atom stereocenters. The van der Waals surface area contributed by atoms with Crippen LogP contribution in [0, 0.1) is 13.8 Å². The molecule has 19 heavy (non-hydrogen) atoms. The van der Waals surface area contributed by atoms with Gasteiger partial charge in [-0.25, -0.2) is 0 Å². The van der Waals surface area contributed by atoms with Crippen LogP contribution in [0.4, 0.5) is 0 Å². The van der Waals surface area contributed by atoms with Crippen LogP contribution >= 0.6 is 34.5 Å². The van der Waals surface area contributed by atoms with Crippen molar-refractivity contribution in [3.05, 3.63) is 55.2 Å². The van der Waals surface area contributed by atoms with Crippen LogP contribution < -0.4 is 5.32 Å². The minimum atomic E-state index is 0.106. The van der Waals surface area contributed by atoms with E-state index < -0.39 is 0 Å². The normalized spacial score (nSPS) is 12.7. The fraction of sp³-hybridized carbons (Fsp3) is 0.333. The lowest BCUT2D eigenvalue weighted by atomic mass is 10.0. The standard InChI is InChI=1S/C15H17Cl2NS/c1-4-18-14(13-8-10(3)15(17)19-13)11-6-5-9(2)7-12(11)16/h5-8,14,18H,4H2,1-3H3. The van der Waals surface area contributed by atoms with Crippen molar-refractivity contribution in [1.82, 2.24) is 5.32 Å². The summed E-state index contributed by atoms with van der Waals surface area (Å²) < 4.78 is 0.848. The van der Waals surface area contributed by atoms with E-state index in [2.05, 4.69) is 30.4 Å². The van der Waals surface area contributed by atoms with Gasteiger partial charge in [0.25, 0.3) is 0 Å². The summed E-state index contributed by atoms with van der Waals surface area (Å²) >= 11 is 14.2. The quantitative estimate of drug-likeness (QED) is 0.800. The van der Waals surface area contributed by atoms with Crippen molar-refractivity contribution < 1.29 is 0 Å². The Morgan fingerprint density at radius 2 is 1.95 bits per heavy atom. The smallest absolute Gasteiger partial charge is 0.0961 e. The maximum atomic E-state index is 6.39. The molecule has 0 spiro atoms. The monoisotopic (exact) mass is 313 g/mol. The molecule has 4 heteroatoms. The molecule has 1 atom stereocenters. The molecular weight excluding hydrogens is 297 g/mol. The average Bonchev–Trinajstić information content (AvgIpc) is 2.67. The van der Waals surface area contributed by atoms with Gasteiger partial charge in [0.15, 0.2) is 0 Å². The molecule has 102 valence electrons. The number of halogens is 2. The summed E-state index contributed by atoms with van der Waals surface area (Å²) in [5, 5.41) is 4.28. The molecule has 1 aromatic carbocycles. The summed E-state index contributed by atoms with van der Waals surface area (Å²) in [7, 11) is 0. The Hall–Kier alpha value is -0.540. The second-order valence-corrected chi connectivity index (χ2v) is 6.71. The van der Waals surface area contributed by atoms with Crippen LogP contribution in [-0.2, 0) is 0 Å². The minimum absolute atomic E-state index is 0.106. The van der Waals surface area contributed by atoms with E-state index >= 15 is 0 Å². The van der Waals surface area contributed by atoms with Gasteiger partial charge in [0, 0.05) is 9.90 Å². The maximum absolute atomic E-state index is 6.39. The molecule has 1 aromatic heterocycles. The highest BCUT2D eigenvalue weighted by Gasteiger charge is 2.19. The predicted molar refractivity (Wildman–Crippen MR) is 85.8 cm³/mol. The molecule has 2 aromatic rings. The van der Waals surface area contributed by atoms with Crippen molar-refractivity contribution in [3.63, 3.8) is 0 Å². The first-order chi connectivity index (χ1) is 9.02. The Kier molecular flexibility index (Phi) is 4.91. The third-order valence-electron chi connectivity index (χ3n) is 3.04. The highest BCUT2D eigenvalue weighted by molar-refractivity contribution is 7.16. The molecule has 1 heterocycles. The molecule has 1 nitrogen and oxygen atoms in total. The third-order valence-corrected chi connectivity index (χ3v) is 4.98. The second kappa shape index (κ2) is 6.27. The Morgan fingerprint density at radius 1 is 1.21 bits per heavy atom. The minimum Gasteiger partial charge on any atom is -0.306 e. The molecule has 0 amide bonds. The molecule has 0 bridgehead atoms. The van der Waals surface area contributed by atoms with Gasteiger partial charge in [-0.05, 0) is 49.2 Å². The highest BCUT2D eigenvalue weighted by Crippen LogP contribution is 2.36.